The van der Waals surface area contributed by atoms with Gasteiger partial charge < -0.3 is 20.1 Å². The van der Waals surface area contributed by atoms with Crippen LogP contribution in [0.2, 0.25) is 0 Å². The first-order valence-electron chi connectivity index (χ1n) is 10.6. The lowest BCUT2D eigenvalue weighted by Crippen LogP contribution is -2.42. The Morgan fingerprint density at radius 1 is 1.23 bits per heavy atom. The molecule has 1 aromatic heterocycles. The molecule has 168 valence electrons. The number of hydrogen-bond acceptors (Lipinski definition) is 5. The molecule has 1 unspecified atom stereocenters. The number of hydrogen-bond donors (Lipinski definition) is 4. The molecule has 2 aromatic rings. The number of carboxylic acid groups (broad SMARTS) is 1. The highest BCUT2D eigenvalue weighted by Gasteiger charge is 2.26. The molecule has 1 aromatic carbocycles. The van der Waals surface area contributed by atoms with Crippen molar-refractivity contribution in [3.8, 4) is 0 Å². The van der Waals surface area contributed by atoms with Crippen molar-refractivity contribution in [1.82, 2.24) is 15.3 Å². The number of aliphatic carboxylic acids is 1. The normalized spacial score (nSPS) is 16.0. The van der Waals surface area contributed by atoms with Gasteiger partial charge in [-0.15, -0.1) is 0 Å². The van der Waals surface area contributed by atoms with E-state index in [1.165, 1.54) is 6.42 Å². The molecular formula is C22H30N4O5. The number of H-pyrrole nitrogens is 1. The molecular weight excluding hydrogens is 400 g/mol. The van der Waals surface area contributed by atoms with E-state index in [1.54, 1.807) is 39.0 Å². The minimum absolute atomic E-state index is 0.197. The van der Waals surface area contributed by atoms with Crippen LogP contribution in [0.3, 0.4) is 0 Å². The number of fused-ring (bicyclic) bond motifs is 1. The van der Waals surface area contributed by atoms with Crippen LogP contribution in [0.5, 0.6) is 0 Å². The van der Waals surface area contributed by atoms with E-state index in [2.05, 4.69) is 20.6 Å². The topological polar surface area (TPSA) is 133 Å². The largest absolute Gasteiger partial charge is 0.480 e. The van der Waals surface area contributed by atoms with Gasteiger partial charge in [-0.1, -0.05) is 32.1 Å². The molecule has 1 heterocycles. The summed E-state index contributed by atoms with van der Waals surface area (Å²) in [5.74, 6) is -0.966. The first-order chi connectivity index (χ1) is 14.6. The summed E-state index contributed by atoms with van der Waals surface area (Å²) in [6.45, 7) is 5.28. The Morgan fingerprint density at radius 3 is 2.58 bits per heavy atom. The van der Waals surface area contributed by atoms with Gasteiger partial charge in [-0.3, -0.25) is 10.1 Å². The van der Waals surface area contributed by atoms with Gasteiger partial charge >= 0.3 is 12.1 Å². The summed E-state index contributed by atoms with van der Waals surface area (Å²) in [4.78, 5) is 43.5. The molecule has 1 saturated carbocycles. The first kappa shape index (κ1) is 22.6. The number of rotatable bonds is 6. The molecule has 2 amide bonds. The number of nitrogens with one attached hydrogen (secondary N) is 3. The maximum Gasteiger partial charge on any atom is 0.414 e. The second kappa shape index (κ2) is 9.36. The molecule has 9 heteroatoms. The monoisotopic (exact) mass is 430 g/mol. The molecule has 0 aliphatic heterocycles. The van der Waals surface area contributed by atoms with E-state index in [-0.39, 0.29) is 5.95 Å². The van der Waals surface area contributed by atoms with Gasteiger partial charge in [-0.25, -0.2) is 14.6 Å². The maximum absolute atomic E-state index is 12.7. The molecule has 9 nitrogen and oxygen atoms in total. The fourth-order valence-electron chi connectivity index (χ4n) is 3.83. The molecule has 1 atom stereocenters. The molecule has 0 radical (unpaired) electrons. The van der Waals surface area contributed by atoms with Gasteiger partial charge in [0.05, 0.1) is 11.0 Å². The number of aromatic nitrogens is 2. The summed E-state index contributed by atoms with van der Waals surface area (Å²) in [7, 11) is 0. The molecule has 4 N–H and O–H groups in total. The summed E-state index contributed by atoms with van der Waals surface area (Å²) in [5.41, 5.74) is 0.759. The van der Waals surface area contributed by atoms with E-state index in [0.29, 0.717) is 28.9 Å². The summed E-state index contributed by atoms with van der Waals surface area (Å²) in [6.07, 6.45) is 5.22. The third-order valence-electron chi connectivity index (χ3n) is 5.26. The summed E-state index contributed by atoms with van der Waals surface area (Å²) < 4.78 is 5.20. The third-order valence-corrected chi connectivity index (χ3v) is 5.26. The Labute approximate surface area is 181 Å². The number of anilines is 1. The van der Waals surface area contributed by atoms with Gasteiger partial charge in [0.2, 0.25) is 5.95 Å². The second-order valence-corrected chi connectivity index (χ2v) is 9.05. The Hall–Kier alpha value is -3.10. The van der Waals surface area contributed by atoms with E-state index in [0.717, 1.165) is 25.7 Å². The van der Waals surface area contributed by atoms with Crippen molar-refractivity contribution in [1.29, 1.82) is 0 Å². The van der Waals surface area contributed by atoms with Gasteiger partial charge in [-0.2, -0.15) is 0 Å². The van der Waals surface area contributed by atoms with E-state index < -0.39 is 29.6 Å². The third kappa shape index (κ3) is 6.44. The number of ether oxygens (including phenoxy) is 1. The average molecular weight is 431 g/mol. The minimum Gasteiger partial charge on any atom is -0.480 e. The van der Waals surface area contributed by atoms with Crippen LogP contribution in [-0.4, -0.2) is 44.7 Å². The number of carbonyl (C=O) groups is 3. The van der Waals surface area contributed by atoms with Gasteiger partial charge in [0.15, 0.2) is 0 Å². The van der Waals surface area contributed by atoms with Crippen molar-refractivity contribution in [2.24, 2.45) is 5.92 Å². The fourth-order valence-corrected chi connectivity index (χ4v) is 3.83. The number of imidazole rings is 1. The molecule has 3 rings (SSSR count). The van der Waals surface area contributed by atoms with Crippen molar-refractivity contribution < 1.29 is 24.2 Å². The lowest BCUT2D eigenvalue weighted by Gasteiger charge is -2.25. The van der Waals surface area contributed by atoms with Crippen LogP contribution in [-0.2, 0) is 9.53 Å². The quantitative estimate of drug-likeness (QED) is 0.546. The lowest BCUT2D eigenvalue weighted by atomic mass is 9.85. The summed E-state index contributed by atoms with van der Waals surface area (Å²) >= 11 is 0. The maximum atomic E-state index is 12.7. The van der Waals surface area contributed by atoms with Crippen LogP contribution in [0.4, 0.5) is 10.7 Å². The van der Waals surface area contributed by atoms with Crippen molar-refractivity contribution in [2.45, 2.75) is 70.9 Å². The van der Waals surface area contributed by atoms with Crippen molar-refractivity contribution in [3.05, 3.63) is 23.8 Å². The average Bonchev–Trinajstić information content (AvgIpc) is 3.07. The Morgan fingerprint density at radius 2 is 1.94 bits per heavy atom. The molecule has 1 fully saturated rings. The molecule has 0 bridgehead atoms. The van der Waals surface area contributed by atoms with Gasteiger partial charge in [0.25, 0.3) is 5.91 Å². The van der Waals surface area contributed by atoms with E-state index >= 15 is 0 Å². The molecule has 0 saturated heterocycles. The highest BCUT2D eigenvalue weighted by atomic mass is 16.6. The Balaban J connectivity index is 1.67. The van der Waals surface area contributed by atoms with Crippen LogP contribution in [0.25, 0.3) is 11.0 Å². The lowest BCUT2D eigenvalue weighted by molar-refractivity contribution is -0.139. The number of benzene rings is 1. The van der Waals surface area contributed by atoms with Crippen LogP contribution in [0.15, 0.2) is 18.2 Å². The van der Waals surface area contributed by atoms with Gasteiger partial charge in [-0.05, 0) is 51.3 Å². The Bertz CT molecular complexity index is 956. The number of carboxylic acids is 1. The smallest absolute Gasteiger partial charge is 0.414 e. The van der Waals surface area contributed by atoms with Crippen LogP contribution >= 0.6 is 0 Å². The number of aromatic amines is 1. The molecule has 1 aliphatic rings. The van der Waals surface area contributed by atoms with Crippen molar-refractivity contribution >= 4 is 35.0 Å². The predicted octanol–water partition coefficient (Wildman–Crippen LogP) is 4.06. The number of nitrogens with zero attached hydrogens (tertiary/aromatic N) is 1. The van der Waals surface area contributed by atoms with E-state index in [1.807, 2.05) is 0 Å². The summed E-state index contributed by atoms with van der Waals surface area (Å²) in [5, 5.41) is 14.7. The van der Waals surface area contributed by atoms with Crippen molar-refractivity contribution in [2.75, 3.05) is 5.32 Å². The molecule has 1 aliphatic carbocycles. The van der Waals surface area contributed by atoms with Crippen LogP contribution in [0.1, 0.15) is 69.7 Å². The highest BCUT2D eigenvalue weighted by Crippen LogP contribution is 2.27. The van der Waals surface area contributed by atoms with Crippen LogP contribution < -0.4 is 10.6 Å². The number of amides is 2. The zero-order valence-corrected chi connectivity index (χ0v) is 18.2. The fraction of sp³-hybridized carbons (Fsp3) is 0.545. The van der Waals surface area contributed by atoms with E-state index in [4.69, 9.17) is 4.74 Å². The van der Waals surface area contributed by atoms with Crippen LogP contribution in [0, 0.1) is 5.92 Å². The molecule has 31 heavy (non-hydrogen) atoms. The van der Waals surface area contributed by atoms with E-state index in [9.17, 15) is 19.5 Å². The Kier molecular flexibility index (Phi) is 6.82. The predicted molar refractivity (Wildman–Crippen MR) is 116 cm³/mol. The molecule has 0 spiro atoms. The standard InChI is InChI=1S/C22H30N4O5/c1-22(2,3)31-21(30)26-20-24-15-10-9-14(12-16(15)25-20)18(27)23-17(19(28)29)11-13-7-5-4-6-8-13/h9-10,12-13,17H,4-8,11H2,1-3H3,(H,23,27)(H,28,29)(H2,24,25,26,30). The second-order valence-electron chi connectivity index (χ2n) is 9.05. The number of carbonyl (C=O) groups excluding carboxylic acids is 2. The summed E-state index contributed by atoms with van der Waals surface area (Å²) in [6, 6.07) is 3.89. The zero-order chi connectivity index (χ0) is 22.6. The first-order valence-corrected chi connectivity index (χ1v) is 10.6. The SMILES string of the molecule is CC(C)(C)OC(=O)Nc1nc2cc(C(=O)NC(CC3CCCCC3)C(=O)O)ccc2[nH]1. The zero-order valence-electron chi connectivity index (χ0n) is 18.2. The highest BCUT2D eigenvalue weighted by molar-refractivity contribution is 5.99. The van der Waals surface area contributed by atoms with Crippen molar-refractivity contribution in [3.63, 3.8) is 0 Å². The minimum atomic E-state index is -1.02. The van der Waals surface area contributed by atoms with Gasteiger partial charge in [0.1, 0.15) is 11.6 Å². The van der Waals surface area contributed by atoms with Gasteiger partial charge in [0, 0.05) is 5.56 Å².